The molecule has 1 heterocycles. The van der Waals surface area contributed by atoms with Crippen LogP contribution in [0.5, 0.6) is 5.75 Å². The highest BCUT2D eigenvalue weighted by molar-refractivity contribution is 8.18. The lowest BCUT2D eigenvalue weighted by atomic mass is 10.1. The first-order valence-corrected chi connectivity index (χ1v) is 10.5. The molecule has 9 heteroatoms. The molecule has 2 aromatic carbocycles. The number of thioether (sulfide) groups is 1. The van der Waals surface area contributed by atoms with E-state index in [0.29, 0.717) is 16.3 Å². The molecule has 0 aromatic heterocycles. The number of benzene rings is 2. The third-order valence-corrected chi connectivity index (χ3v) is 5.42. The molecule has 0 saturated carbocycles. The van der Waals surface area contributed by atoms with Gasteiger partial charge in [-0.3, -0.25) is 19.3 Å². The van der Waals surface area contributed by atoms with Gasteiger partial charge < -0.3 is 9.47 Å². The van der Waals surface area contributed by atoms with Crippen LogP contribution in [-0.4, -0.2) is 35.2 Å². The number of carbonyl (C=O) groups excluding carboxylic acids is 3. The van der Waals surface area contributed by atoms with Crippen molar-refractivity contribution in [1.29, 1.82) is 0 Å². The van der Waals surface area contributed by atoms with E-state index in [1.54, 1.807) is 13.0 Å². The molecule has 156 valence electrons. The Bertz CT molecular complexity index is 1010. The molecule has 1 aliphatic rings. The second-order valence-electron chi connectivity index (χ2n) is 6.15. The molecule has 2 amide bonds. The van der Waals surface area contributed by atoms with E-state index < -0.39 is 23.7 Å². The monoisotopic (exact) mass is 465 g/mol. The Labute approximate surface area is 187 Å². The van der Waals surface area contributed by atoms with Gasteiger partial charge in [0, 0.05) is 10.6 Å². The van der Waals surface area contributed by atoms with E-state index in [1.165, 1.54) is 12.1 Å². The quantitative estimate of drug-likeness (QED) is 0.414. The number of imide groups is 1. The molecule has 2 aromatic rings. The Morgan fingerprint density at radius 2 is 1.90 bits per heavy atom. The zero-order valence-corrected chi connectivity index (χ0v) is 18.2. The van der Waals surface area contributed by atoms with Crippen molar-refractivity contribution >= 4 is 58.2 Å². The lowest BCUT2D eigenvalue weighted by Gasteiger charge is -2.13. The molecule has 1 fully saturated rings. The number of esters is 1. The molecule has 3 rings (SSSR count). The highest BCUT2D eigenvalue weighted by Gasteiger charge is 2.36. The molecule has 0 radical (unpaired) electrons. The minimum atomic E-state index is -0.654. The van der Waals surface area contributed by atoms with E-state index in [0.717, 1.165) is 22.2 Å². The Kier molecular flexibility index (Phi) is 7.42. The topological polar surface area (TPSA) is 72.9 Å². The van der Waals surface area contributed by atoms with Crippen LogP contribution in [0.15, 0.2) is 47.4 Å². The second kappa shape index (κ2) is 10.0. The van der Waals surface area contributed by atoms with Crippen molar-refractivity contribution in [3.8, 4) is 5.75 Å². The van der Waals surface area contributed by atoms with Gasteiger partial charge >= 0.3 is 5.97 Å². The number of rotatable bonds is 7. The molecule has 0 unspecified atom stereocenters. The summed E-state index contributed by atoms with van der Waals surface area (Å²) in [4.78, 5) is 37.4. The maximum Gasteiger partial charge on any atom is 0.326 e. The minimum Gasteiger partial charge on any atom is -0.487 e. The number of nitrogens with zero attached hydrogens (tertiary/aromatic N) is 1. The van der Waals surface area contributed by atoms with Crippen LogP contribution >= 0.6 is 35.0 Å². The first-order chi connectivity index (χ1) is 14.4. The number of ether oxygens (including phenoxy) is 2. The average Bonchev–Trinajstić information content (AvgIpc) is 2.95. The maximum atomic E-state index is 12.6. The summed E-state index contributed by atoms with van der Waals surface area (Å²) in [6.07, 6.45) is 1.48. The number of carbonyl (C=O) groups is 3. The summed E-state index contributed by atoms with van der Waals surface area (Å²) < 4.78 is 10.7. The normalized spacial score (nSPS) is 15.0. The fourth-order valence-electron chi connectivity index (χ4n) is 2.68. The molecule has 1 aliphatic heterocycles. The lowest BCUT2D eigenvalue weighted by Crippen LogP contribution is -2.34. The maximum absolute atomic E-state index is 12.6. The predicted octanol–water partition coefficient (Wildman–Crippen LogP) is 5.17. The third kappa shape index (κ3) is 5.36. The van der Waals surface area contributed by atoms with Crippen LogP contribution in [0.4, 0.5) is 4.79 Å². The van der Waals surface area contributed by atoms with Crippen LogP contribution in [0.2, 0.25) is 10.0 Å². The number of hydrogen-bond donors (Lipinski definition) is 0. The van der Waals surface area contributed by atoms with Gasteiger partial charge in [0.15, 0.2) is 0 Å². The van der Waals surface area contributed by atoms with Crippen LogP contribution in [0.25, 0.3) is 6.08 Å². The first-order valence-electron chi connectivity index (χ1n) is 8.95. The van der Waals surface area contributed by atoms with Gasteiger partial charge in [-0.15, -0.1) is 0 Å². The fraction of sp³-hybridized carbons (Fsp3) is 0.190. The van der Waals surface area contributed by atoms with E-state index in [1.807, 2.05) is 30.3 Å². The van der Waals surface area contributed by atoms with Gasteiger partial charge in [-0.05, 0) is 42.5 Å². The van der Waals surface area contributed by atoms with Gasteiger partial charge in [-0.2, -0.15) is 0 Å². The van der Waals surface area contributed by atoms with Crippen LogP contribution in [0, 0.1) is 0 Å². The summed E-state index contributed by atoms with van der Waals surface area (Å²) in [5.41, 5.74) is 1.38. The number of halogens is 2. The van der Waals surface area contributed by atoms with Crippen LogP contribution in [0.1, 0.15) is 18.1 Å². The highest BCUT2D eigenvalue weighted by atomic mass is 35.5. The Balaban J connectivity index is 1.86. The van der Waals surface area contributed by atoms with E-state index in [-0.39, 0.29) is 23.1 Å². The summed E-state index contributed by atoms with van der Waals surface area (Å²) in [6.45, 7) is 1.62. The third-order valence-electron chi connectivity index (χ3n) is 4.02. The van der Waals surface area contributed by atoms with Gasteiger partial charge in [0.05, 0.1) is 16.5 Å². The SMILES string of the molecule is CCOC(=O)CN1C(=O)S/C(=C\c2cc(Cl)cc(Cl)c2OCc2ccccc2)C1=O. The summed E-state index contributed by atoms with van der Waals surface area (Å²) in [5, 5.41) is 0.0682. The van der Waals surface area contributed by atoms with E-state index in [9.17, 15) is 14.4 Å². The number of hydrogen-bond acceptors (Lipinski definition) is 6. The molecule has 0 atom stereocenters. The summed E-state index contributed by atoms with van der Waals surface area (Å²) in [5.74, 6) is -0.913. The van der Waals surface area contributed by atoms with Crippen LogP contribution in [0.3, 0.4) is 0 Å². The van der Waals surface area contributed by atoms with Crippen LogP contribution in [-0.2, 0) is 20.9 Å². The minimum absolute atomic E-state index is 0.132. The van der Waals surface area contributed by atoms with Gasteiger partial charge in [-0.25, -0.2) is 0 Å². The van der Waals surface area contributed by atoms with Crippen LogP contribution < -0.4 is 4.74 Å². The number of amides is 2. The summed E-state index contributed by atoms with van der Waals surface area (Å²) in [6, 6.07) is 12.6. The van der Waals surface area contributed by atoms with Gasteiger partial charge in [0.2, 0.25) is 0 Å². The van der Waals surface area contributed by atoms with Crippen molar-refractivity contribution < 1.29 is 23.9 Å². The zero-order chi connectivity index (χ0) is 21.7. The molecule has 0 N–H and O–H groups in total. The van der Waals surface area contributed by atoms with Gasteiger partial charge in [0.1, 0.15) is 18.9 Å². The average molecular weight is 466 g/mol. The van der Waals surface area contributed by atoms with Crippen molar-refractivity contribution in [3.05, 3.63) is 68.5 Å². The molecule has 0 aliphatic carbocycles. The lowest BCUT2D eigenvalue weighted by molar-refractivity contribution is -0.145. The molecular weight excluding hydrogens is 449 g/mol. The van der Waals surface area contributed by atoms with Crippen molar-refractivity contribution in [2.24, 2.45) is 0 Å². The van der Waals surface area contributed by atoms with E-state index >= 15 is 0 Å². The van der Waals surface area contributed by atoms with Crippen molar-refractivity contribution in [1.82, 2.24) is 4.90 Å². The Morgan fingerprint density at radius 3 is 2.60 bits per heavy atom. The Morgan fingerprint density at radius 1 is 1.17 bits per heavy atom. The molecule has 30 heavy (non-hydrogen) atoms. The second-order valence-corrected chi connectivity index (χ2v) is 7.99. The molecule has 0 bridgehead atoms. The first kappa shape index (κ1) is 22.2. The summed E-state index contributed by atoms with van der Waals surface area (Å²) >= 11 is 13.2. The molecule has 6 nitrogen and oxygen atoms in total. The Hall–Kier alpha value is -2.48. The molecule has 0 spiro atoms. The van der Waals surface area contributed by atoms with Crippen molar-refractivity contribution in [3.63, 3.8) is 0 Å². The van der Waals surface area contributed by atoms with Gasteiger partial charge in [-0.1, -0.05) is 53.5 Å². The molecular formula is C21H17Cl2NO5S. The van der Waals surface area contributed by atoms with E-state index in [4.69, 9.17) is 32.7 Å². The van der Waals surface area contributed by atoms with E-state index in [2.05, 4.69) is 0 Å². The molecule has 1 saturated heterocycles. The largest absolute Gasteiger partial charge is 0.487 e. The predicted molar refractivity (Wildman–Crippen MR) is 117 cm³/mol. The smallest absolute Gasteiger partial charge is 0.326 e. The zero-order valence-electron chi connectivity index (χ0n) is 15.9. The fourth-order valence-corrected chi connectivity index (χ4v) is 4.08. The highest BCUT2D eigenvalue weighted by Crippen LogP contribution is 2.38. The standard InChI is InChI=1S/C21H17Cl2NO5S/c1-2-28-18(25)11-24-20(26)17(30-21(24)27)9-14-8-15(22)10-16(23)19(14)29-12-13-6-4-3-5-7-13/h3-10H,2,11-12H2,1H3/b17-9-. The summed E-state index contributed by atoms with van der Waals surface area (Å²) in [7, 11) is 0. The van der Waals surface area contributed by atoms with Gasteiger partial charge in [0.25, 0.3) is 11.1 Å². The van der Waals surface area contributed by atoms with Crippen molar-refractivity contribution in [2.75, 3.05) is 13.2 Å². The van der Waals surface area contributed by atoms with Crippen molar-refractivity contribution in [2.45, 2.75) is 13.5 Å².